The molecule has 2 aliphatic rings. The summed E-state index contributed by atoms with van der Waals surface area (Å²) < 4.78 is 19.9. The fourth-order valence-electron chi connectivity index (χ4n) is 4.28. The molecule has 0 amide bonds. The molecule has 0 aliphatic carbocycles. The minimum absolute atomic E-state index is 0.0241. The maximum atomic E-state index is 14.5. The summed E-state index contributed by atoms with van der Waals surface area (Å²) in [6.45, 7) is 5.92. The number of aromatic nitrogens is 2. The quantitative estimate of drug-likeness (QED) is 0.642. The van der Waals surface area contributed by atoms with E-state index in [4.69, 9.17) is 16.3 Å². The van der Waals surface area contributed by atoms with Gasteiger partial charge < -0.3 is 15.4 Å². The van der Waals surface area contributed by atoms with Gasteiger partial charge in [0.25, 0.3) is 0 Å². The van der Waals surface area contributed by atoms with Gasteiger partial charge in [-0.25, -0.2) is 9.37 Å². The van der Waals surface area contributed by atoms with Crippen LogP contribution < -0.4 is 10.6 Å². The summed E-state index contributed by atoms with van der Waals surface area (Å²) in [5.41, 5.74) is 1.88. The van der Waals surface area contributed by atoms with Crippen molar-refractivity contribution in [2.24, 2.45) is 11.3 Å². The molecule has 1 atom stereocenters. The SMILES string of the molecule is CC1(CNc2nc(-c3cc(CC(=O)[C@@H]4CCCNC4)ncc3Cl)ccc2F)CCOCC1. The van der Waals surface area contributed by atoms with Crippen LogP contribution in [0.15, 0.2) is 24.4 Å². The largest absolute Gasteiger partial charge is 0.381 e. The molecule has 4 heterocycles. The summed E-state index contributed by atoms with van der Waals surface area (Å²) in [6.07, 6.45) is 5.56. The smallest absolute Gasteiger partial charge is 0.165 e. The Kier molecular flexibility index (Phi) is 7.38. The van der Waals surface area contributed by atoms with Crippen LogP contribution in [0.3, 0.4) is 0 Å². The van der Waals surface area contributed by atoms with Crippen molar-refractivity contribution in [1.82, 2.24) is 15.3 Å². The Morgan fingerprint density at radius 1 is 1.38 bits per heavy atom. The fraction of sp³-hybridized carbons (Fsp3) is 0.542. The van der Waals surface area contributed by atoms with Crippen LogP contribution in [0.25, 0.3) is 11.3 Å². The highest BCUT2D eigenvalue weighted by molar-refractivity contribution is 6.33. The van der Waals surface area contributed by atoms with Crippen LogP contribution in [0.2, 0.25) is 5.02 Å². The molecule has 0 unspecified atom stereocenters. The summed E-state index contributed by atoms with van der Waals surface area (Å²) >= 11 is 6.40. The zero-order valence-electron chi connectivity index (χ0n) is 18.4. The van der Waals surface area contributed by atoms with Crippen LogP contribution >= 0.6 is 11.6 Å². The van der Waals surface area contributed by atoms with E-state index in [0.717, 1.165) is 52.0 Å². The molecule has 2 aromatic heterocycles. The normalized spacial score (nSPS) is 20.7. The number of piperidine rings is 1. The zero-order chi connectivity index (χ0) is 22.6. The van der Waals surface area contributed by atoms with E-state index in [-0.39, 0.29) is 29.4 Å². The molecular formula is C24H30ClFN4O2. The lowest BCUT2D eigenvalue weighted by Crippen LogP contribution is -2.35. The second-order valence-corrected chi connectivity index (χ2v) is 9.55. The highest BCUT2D eigenvalue weighted by atomic mass is 35.5. The number of pyridine rings is 2. The maximum Gasteiger partial charge on any atom is 0.165 e. The number of rotatable bonds is 7. The number of nitrogens with zero attached hydrogens (tertiary/aromatic N) is 2. The van der Waals surface area contributed by atoms with Crippen molar-refractivity contribution in [3.8, 4) is 11.3 Å². The number of ketones is 1. The molecule has 0 radical (unpaired) electrons. The molecule has 2 aliphatic heterocycles. The van der Waals surface area contributed by atoms with Crippen LogP contribution in [0.5, 0.6) is 0 Å². The van der Waals surface area contributed by atoms with Crippen molar-refractivity contribution in [3.05, 3.63) is 40.9 Å². The average molecular weight is 461 g/mol. The van der Waals surface area contributed by atoms with Gasteiger partial charge in [-0.15, -0.1) is 0 Å². The van der Waals surface area contributed by atoms with E-state index >= 15 is 0 Å². The van der Waals surface area contributed by atoms with Gasteiger partial charge in [-0.2, -0.15) is 0 Å². The van der Waals surface area contributed by atoms with Gasteiger partial charge in [0, 0.05) is 56.1 Å². The van der Waals surface area contributed by atoms with Crippen LogP contribution in [-0.2, 0) is 16.0 Å². The standard InChI is InChI=1S/C24H30ClFN4O2/c1-24(6-9-32-10-7-24)15-29-23-20(26)4-5-21(30-23)18-11-17(28-14-19(18)25)12-22(31)16-3-2-8-27-13-16/h4-5,11,14,16,27H,2-3,6-10,12-13,15H2,1H3,(H,29,30)/t16-/m1/s1. The first-order valence-corrected chi connectivity index (χ1v) is 11.7. The van der Waals surface area contributed by atoms with Gasteiger partial charge in [-0.3, -0.25) is 9.78 Å². The number of Topliss-reactive ketones (excluding diaryl/α,β-unsaturated/α-hetero) is 1. The molecule has 32 heavy (non-hydrogen) atoms. The molecule has 2 N–H and O–H groups in total. The molecule has 0 bridgehead atoms. The van der Waals surface area contributed by atoms with Crippen molar-refractivity contribution in [2.75, 3.05) is 38.2 Å². The Morgan fingerprint density at radius 2 is 2.19 bits per heavy atom. The van der Waals surface area contributed by atoms with Gasteiger partial charge >= 0.3 is 0 Å². The van der Waals surface area contributed by atoms with Gasteiger partial charge in [0.15, 0.2) is 11.6 Å². The van der Waals surface area contributed by atoms with Crippen molar-refractivity contribution in [2.45, 2.75) is 39.0 Å². The fourth-order valence-corrected chi connectivity index (χ4v) is 4.48. The van der Waals surface area contributed by atoms with Crippen molar-refractivity contribution < 1.29 is 13.9 Å². The maximum absolute atomic E-state index is 14.5. The Labute approximate surface area is 193 Å². The number of ether oxygens (including phenoxy) is 1. The number of halogens is 2. The molecule has 0 spiro atoms. The molecular weight excluding hydrogens is 431 g/mol. The molecule has 4 rings (SSSR count). The average Bonchev–Trinajstić information content (AvgIpc) is 2.81. The van der Waals surface area contributed by atoms with Gasteiger partial charge in [0.1, 0.15) is 5.78 Å². The van der Waals surface area contributed by atoms with E-state index < -0.39 is 5.82 Å². The Morgan fingerprint density at radius 3 is 2.94 bits per heavy atom. The summed E-state index contributed by atoms with van der Waals surface area (Å²) in [6, 6.07) is 4.79. The number of carbonyl (C=O) groups excluding carboxylic acids is 1. The minimum Gasteiger partial charge on any atom is -0.381 e. The highest BCUT2D eigenvalue weighted by Gasteiger charge is 2.28. The second kappa shape index (κ2) is 10.2. The molecule has 0 saturated carbocycles. The Balaban J connectivity index is 1.50. The first-order valence-electron chi connectivity index (χ1n) is 11.3. The van der Waals surface area contributed by atoms with Gasteiger partial charge in [-0.1, -0.05) is 18.5 Å². The first kappa shape index (κ1) is 23.1. The monoisotopic (exact) mass is 460 g/mol. The third-order valence-electron chi connectivity index (χ3n) is 6.52. The molecule has 2 aromatic rings. The topological polar surface area (TPSA) is 76.1 Å². The molecule has 6 nitrogen and oxygen atoms in total. The lowest BCUT2D eigenvalue weighted by atomic mass is 9.82. The van der Waals surface area contributed by atoms with Crippen molar-refractivity contribution in [1.29, 1.82) is 0 Å². The molecule has 0 aromatic carbocycles. The Bertz CT molecular complexity index is 959. The summed E-state index contributed by atoms with van der Waals surface area (Å²) in [4.78, 5) is 21.5. The predicted octanol–water partition coefficient (Wildman–Crippen LogP) is 4.28. The van der Waals surface area contributed by atoms with E-state index in [9.17, 15) is 9.18 Å². The van der Waals surface area contributed by atoms with Crippen LogP contribution in [0.4, 0.5) is 10.2 Å². The van der Waals surface area contributed by atoms with E-state index in [2.05, 4.69) is 27.5 Å². The van der Waals surface area contributed by atoms with Crippen molar-refractivity contribution >= 4 is 23.2 Å². The van der Waals surface area contributed by atoms with E-state index in [1.807, 2.05) is 0 Å². The molecule has 8 heteroatoms. The van der Waals surface area contributed by atoms with Crippen LogP contribution in [0.1, 0.15) is 38.3 Å². The number of hydrogen-bond acceptors (Lipinski definition) is 6. The van der Waals surface area contributed by atoms with Crippen LogP contribution in [0, 0.1) is 17.2 Å². The van der Waals surface area contributed by atoms with Gasteiger partial charge in [-0.05, 0) is 55.8 Å². The van der Waals surface area contributed by atoms with Gasteiger partial charge in [0.2, 0.25) is 0 Å². The van der Waals surface area contributed by atoms with Crippen molar-refractivity contribution in [3.63, 3.8) is 0 Å². The van der Waals surface area contributed by atoms with E-state index in [1.165, 1.54) is 6.07 Å². The molecule has 2 saturated heterocycles. The molecule has 172 valence electrons. The second-order valence-electron chi connectivity index (χ2n) is 9.15. The predicted molar refractivity (Wildman–Crippen MR) is 123 cm³/mol. The van der Waals surface area contributed by atoms with E-state index in [0.29, 0.717) is 28.5 Å². The Hall–Kier alpha value is -2.09. The number of hydrogen-bond donors (Lipinski definition) is 2. The highest BCUT2D eigenvalue weighted by Crippen LogP contribution is 2.32. The number of nitrogens with one attached hydrogen (secondary N) is 2. The van der Waals surface area contributed by atoms with E-state index in [1.54, 1.807) is 18.3 Å². The lowest BCUT2D eigenvalue weighted by molar-refractivity contribution is -0.122. The molecule has 2 fully saturated rings. The lowest BCUT2D eigenvalue weighted by Gasteiger charge is -2.33. The minimum atomic E-state index is -0.408. The van der Waals surface area contributed by atoms with Gasteiger partial charge in [0.05, 0.1) is 10.7 Å². The number of anilines is 1. The third kappa shape index (κ3) is 5.63. The van der Waals surface area contributed by atoms with Crippen LogP contribution in [-0.4, -0.2) is 48.6 Å². The number of carbonyl (C=O) groups is 1. The first-order chi connectivity index (χ1) is 15.4. The summed E-state index contributed by atoms with van der Waals surface area (Å²) in [5.74, 6) is -0.00290. The summed E-state index contributed by atoms with van der Waals surface area (Å²) in [7, 11) is 0. The zero-order valence-corrected chi connectivity index (χ0v) is 19.2. The summed E-state index contributed by atoms with van der Waals surface area (Å²) in [5, 5.41) is 6.88. The third-order valence-corrected chi connectivity index (χ3v) is 6.83.